The van der Waals surface area contributed by atoms with Crippen molar-refractivity contribution in [2.45, 2.75) is 37.3 Å². The van der Waals surface area contributed by atoms with Gasteiger partial charge in [-0.1, -0.05) is 60.7 Å². The summed E-state index contributed by atoms with van der Waals surface area (Å²) in [4.78, 5) is 40.1. The standard InChI is InChI=1S/C24H27N3O5S/c1-23(12-13-33(31,32)17-23)25-20(28)16-27-21(29)24(26-22(27)30,14-18-8-4-2-5-9-18)15-19-10-6-3-7-11-19/h2-11H,12-17H2,1H3,(H,25,28)(H,26,30)/t23-/m1/s1. The summed E-state index contributed by atoms with van der Waals surface area (Å²) in [7, 11) is -3.21. The molecule has 2 saturated heterocycles. The third-order valence-corrected chi connectivity index (χ3v) is 8.09. The molecule has 0 aromatic heterocycles. The molecule has 2 aromatic carbocycles. The van der Waals surface area contributed by atoms with Crippen LogP contribution in [0.1, 0.15) is 24.5 Å². The molecule has 9 heteroatoms. The molecule has 0 aliphatic carbocycles. The van der Waals surface area contributed by atoms with Gasteiger partial charge in [-0.25, -0.2) is 13.2 Å². The monoisotopic (exact) mass is 469 g/mol. The van der Waals surface area contributed by atoms with E-state index in [9.17, 15) is 22.8 Å². The van der Waals surface area contributed by atoms with E-state index in [2.05, 4.69) is 10.6 Å². The highest BCUT2D eigenvalue weighted by molar-refractivity contribution is 7.91. The smallest absolute Gasteiger partial charge is 0.325 e. The van der Waals surface area contributed by atoms with Crippen molar-refractivity contribution in [1.29, 1.82) is 0 Å². The summed E-state index contributed by atoms with van der Waals surface area (Å²) >= 11 is 0. The Morgan fingerprint density at radius 1 is 1.00 bits per heavy atom. The van der Waals surface area contributed by atoms with E-state index in [4.69, 9.17) is 0 Å². The summed E-state index contributed by atoms with van der Waals surface area (Å²) < 4.78 is 23.7. The van der Waals surface area contributed by atoms with Gasteiger partial charge in [-0.3, -0.25) is 14.5 Å². The van der Waals surface area contributed by atoms with Gasteiger partial charge < -0.3 is 10.6 Å². The van der Waals surface area contributed by atoms with E-state index in [0.29, 0.717) is 6.42 Å². The lowest BCUT2D eigenvalue weighted by molar-refractivity contribution is -0.135. The lowest BCUT2D eigenvalue weighted by atomic mass is 9.84. The molecule has 2 aliphatic heterocycles. The van der Waals surface area contributed by atoms with Gasteiger partial charge in [0, 0.05) is 12.8 Å². The van der Waals surface area contributed by atoms with Crippen LogP contribution in [0.5, 0.6) is 0 Å². The quantitative estimate of drug-likeness (QED) is 0.596. The van der Waals surface area contributed by atoms with Crippen LogP contribution in [-0.2, 0) is 32.3 Å². The predicted molar refractivity (Wildman–Crippen MR) is 123 cm³/mol. The van der Waals surface area contributed by atoms with Crippen LogP contribution in [0, 0.1) is 0 Å². The van der Waals surface area contributed by atoms with Crippen molar-refractivity contribution in [2.75, 3.05) is 18.1 Å². The summed E-state index contributed by atoms with van der Waals surface area (Å²) in [6.07, 6.45) is 0.857. The van der Waals surface area contributed by atoms with Crippen LogP contribution in [0.2, 0.25) is 0 Å². The maximum absolute atomic E-state index is 13.6. The molecule has 8 nitrogen and oxygen atoms in total. The fraction of sp³-hybridized carbons (Fsp3) is 0.375. The fourth-order valence-corrected chi connectivity index (χ4v) is 6.73. The molecule has 0 saturated carbocycles. The molecule has 0 bridgehead atoms. The summed E-state index contributed by atoms with van der Waals surface area (Å²) in [5.41, 5.74) is -0.352. The lowest BCUT2D eigenvalue weighted by Gasteiger charge is -2.28. The Kier molecular flexibility index (Phi) is 6.00. The second kappa shape index (κ2) is 8.62. The maximum atomic E-state index is 13.6. The van der Waals surface area contributed by atoms with Gasteiger partial charge in [0.25, 0.3) is 5.91 Å². The number of imide groups is 1. The average molecular weight is 470 g/mol. The molecule has 0 spiro atoms. The van der Waals surface area contributed by atoms with Gasteiger partial charge >= 0.3 is 6.03 Å². The normalized spacial score (nSPS) is 23.4. The van der Waals surface area contributed by atoms with E-state index < -0.39 is 45.3 Å². The molecular weight excluding hydrogens is 442 g/mol. The molecule has 33 heavy (non-hydrogen) atoms. The Bertz CT molecular complexity index is 1130. The molecule has 2 N–H and O–H groups in total. The highest BCUT2D eigenvalue weighted by atomic mass is 32.2. The van der Waals surface area contributed by atoms with Crippen molar-refractivity contribution < 1.29 is 22.8 Å². The molecule has 1 atom stereocenters. The average Bonchev–Trinajstić information content (AvgIpc) is 3.15. The molecule has 2 aliphatic rings. The Balaban J connectivity index is 1.55. The summed E-state index contributed by atoms with van der Waals surface area (Å²) in [6, 6.07) is 18.2. The third-order valence-electron chi connectivity index (χ3n) is 6.19. The zero-order valence-corrected chi connectivity index (χ0v) is 19.2. The van der Waals surface area contributed by atoms with Gasteiger partial charge in [-0.2, -0.15) is 0 Å². The summed E-state index contributed by atoms with van der Waals surface area (Å²) in [6.45, 7) is 1.20. The Morgan fingerprint density at radius 3 is 2.03 bits per heavy atom. The van der Waals surface area contributed by atoms with Crippen molar-refractivity contribution in [1.82, 2.24) is 15.5 Å². The number of benzene rings is 2. The molecule has 2 aromatic rings. The maximum Gasteiger partial charge on any atom is 0.325 e. The van der Waals surface area contributed by atoms with E-state index in [0.717, 1.165) is 16.0 Å². The first-order valence-corrected chi connectivity index (χ1v) is 12.7. The molecule has 0 radical (unpaired) electrons. The molecule has 2 fully saturated rings. The van der Waals surface area contributed by atoms with Crippen molar-refractivity contribution in [2.24, 2.45) is 0 Å². The summed E-state index contributed by atoms with van der Waals surface area (Å²) in [5.74, 6) is -1.19. The van der Waals surface area contributed by atoms with Gasteiger partial charge in [0.2, 0.25) is 5.91 Å². The number of nitrogens with zero attached hydrogens (tertiary/aromatic N) is 1. The first kappa shape index (κ1) is 23.0. The number of urea groups is 1. The van der Waals surface area contributed by atoms with Crippen LogP contribution in [0.4, 0.5) is 4.79 Å². The Labute approximate surface area is 193 Å². The van der Waals surface area contributed by atoms with Crippen LogP contribution in [0.3, 0.4) is 0 Å². The molecular formula is C24H27N3O5S. The topological polar surface area (TPSA) is 113 Å². The number of sulfone groups is 1. The fourth-order valence-electron chi connectivity index (χ4n) is 4.64. The van der Waals surface area contributed by atoms with Crippen LogP contribution in [-0.4, -0.2) is 60.3 Å². The van der Waals surface area contributed by atoms with Crippen LogP contribution in [0.15, 0.2) is 60.7 Å². The number of hydrogen-bond acceptors (Lipinski definition) is 5. The minimum atomic E-state index is -3.21. The Hall–Kier alpha value is -3.20. The van der Waals surface area contributed by atoms with E-state index in [-0.39, 0.29) is 24.3 Å². The third kappa shape index (κ3) is 5.08. The van der Waals surface area contributed by atoms with Crippen LogP contribution < -0.4 is 10.6 Å². The first-order valence-electron chi connectivity index (χ1n) is 10.8. The molecule has 4 rings (SSSR count). The van der Waals surface area contributed by atoms with Gasteiger partial charge in [-0.05, 0) is 24.5 Å². The summed E-state index contributed by atoms with van der Waals surface area (Å²) in [5, 5.41) is 5.56. The predicted octanol–water partition coefficient (Wildman–Crippen LogP) is 1.46. The Morgan fingerprint density at radius 2 is 1.55 bits per heavy atom. The second-order valence-corrected chi connectivity index (χ2v) is 11.4. The minimum absolute atomic E-state index is 0.00414. The highest BCUT2D eigenvalue weighted by Gasteiger charge is 2.52. The SMILES string of the molecule is C[C@@]1(NC(=O)CN2C(=O)NC(Cc3ccccc3)(Cc3ccccc3)C2=O)CCS(=O)(=O)C1. The minimum Gasteiger partial charge on any atom is -0.348 e. The van der Waals surface area contributed by atoms with E-state index >= 15 is 0 Å². The lowest BCUT2D eigenvalue weighted by Crippen LogP contribution is -2.53. The molecule has 0 unspecified atom stereocenters. The second-order valence-electron chi connectivity index (χ2n) is 9.18. The van der Waals surface area contributed by atoms with Crippen molar-refractivity contribution in [3.63, 3.8) is 0 Å². The zero-order valence-electron chi connectivity index (χ0n) is 18.4. The first-order chi connectivity index (χ1) is 15.6. The van der Waals surface area contributed by atoms with Gasteiger partial charge in [-0.15, -0.1) is 0 Å². The molecule has 2 heterocycles. The van der Waals surface area contributed by atoms with E-state index in [1.807, 2.05) is 60.7 Å². The number of amides is 4. The van der Waals surface area contributed by atoms with Gasteiger partial charge in [0.1, 0.15) is 12.1 Å². The van der Waals surface area contributed by atoms with E-state index in [1.165, 1.54) is 0 Å². The van der Waals surface area contributed by atoms with E-state index in [1.54, 1.807) is 6.92 Å². The van der Waals surface area contributed by atoms with Crippen LogP contribution >= 0.6 is 0 Å². The molecule has 174 valence electrons. The number of carbonyl (C=O) groups excluding carboxylic acids is 3. The van der Waals surface area contributed by atoms with Crippen molar-refractivity contribution in [3.05, 3.63) is 71.8 Å². The van der Waals surface area contributed by atoms with Crippen molar-refractivity contribution >= 4 is 27.7 Å². The number of rotatable bonds is 7. The number of hydrogen-bond donors (Lipinski definition) is 2. The van der Waals surface area contributed by atoms with Crippen molar-refractivity contribution in [3.8, 4) is 0 Å². The molecule has 4 amide bonds. The number of nitrogens with one attached hydrogen (secondary N) is 2. The van der Waals surface area contributed by atoms with Crippen LogP contribution in [0.25, 0.3) is 0 Å². The highest BCUT2D eigenvalue weighted by Crippen LogP contribution is 2.28. The number of carbonyl (C=O) groups is 3. The van der Waals surface area contributed by atoms with Gasteiger partial charge in [0.05, 0.1) is 17.0 Å². The largest absolute Gasteiger partial charge is 0.348 e. The van der Waals surface area contributed by atoms with Gasteiger partial charge in [0.15, 0.2) is 9.84 Å². The zero-order chi connectivity index (χ0) is 23.7.